The second-order valence-corrected chi connectivity index (χ2v) is 4.34. The molecule has 2 nitrogen and oxygen atoms in total. The van der Waals surface area contributed by atoms with Gasteiger partial charge in [-0.15, -0.1) is 0 Å². The van der Waals surface area contributed by atoms with Crippen LogP contribution in [0.4, 0.5) is 10.1 Å². The second-order valence-electron chi connectivity index (χ2n) is 4.34. The molecular weight excluding hydrogens is 205 g/mol. The SMILES string of the molecule is O=C1CCC(CNc2ccccc2F)CC1. The Morgan fingerprint density at radius 3 is 2.62 bits per heavy atom. The molecule has 0 spiro atoms. The summed E-state index contributed by atoms with van der Waals surface area (Å²) in [5.41, 5.74) is 0.555. The van der Waals surface area contributed by atoms with Crippen LogP contribution in [0.25, 0.3) is 0 Å². The lowest BCUT2D eigenvalue weighted by molar-refractivity contribution is -0.120. The molecule has 0 bridgehead atoms. The molecule has 86 valence electrons. The summed E-state index contributed by atoms with van der Waals surface area (Å²) in [7, 11) is 0. The van der Waals surface area contributed by atoms with Gasteiger partial charge in [-0.05, 0) is 30.9 Å². The molecule has 1 N–H and O–H groups in total. The normalized spacial score (nSPS) is 17.4. The topological polar surface area (TPSA) is 29.1 Å². The first-order valence-electron chi connectivity index (χ1n) is 5.76. The van der Waals surface area contributed by atoms with Gasteiger partial charge in [-0.1, -0.05) is 12.1 Å². The number of halogens is 1. The highest BCUT2D eigenvalue weighted by atomic mass is 19.1. The van der Waals surface area contributed by atoms with Crippen LogP contribution < -0.4 is 5.32 Å². The number of nitrogens with one attached hydrogen (secondary N) is 1. The van der Waals surface area contributed by atoms with E-state index in [1.54, 1.807) is 12.1 Å². The summed E-state index contributed by atoms with van der Waals surface area (Å²) < 4.78 is 13.3. The second kappa shape index (κ2) is 5.10. The highest BCUT2D eigenvalue weighted by Crippen LogP contribution is 2.22. The van der Waals surface area contributed by atoms with Gasteiger partial charge in [0.1, 0.15) is 11.6 Å². The van der Waals surface area contributed by atoms with Crippen molar-refractivity contribution in [3.63, 3.8) is 0 Å². The van der Waals surface area contributed by atoms with Crippen LogP contribution in [0.3, 0.4) is 0 Å². The van der Waals surface area contributed by atoms with Gasteiger partial charge in [-0.3, -0.25) is 4.79 Å². The number of carbonyl (C=O) groups excluding carboxylic acids is 1. The van der Waals surface area contributed by atoms with Crippen LogP contribution in [0.15, 0.2) is 24.3 Å². The summed E-state index contributed by atoms with van der Waals surface area (Å²) in [6, 6.07) is 6.69. The van der Waals surface area contributed by atoms with Gasteiger partial charge in [0.25, 0.3) is 0 Å². The van der Waals surface area contributed by atoms with E-state index in [0.29, 0.717) is 30.2 Å². The highest BCUT2D eigenvalue weighted by molar-refractivity contribution is 5.79. The number of ketones is 1. The van der Waals surface area contributed by atoms with Gasteiger partial charge in [0.15, 0.2) is 0 Å². The molecule has 1 aromatic carbocycles. The van der Waals surface area contributed by atoms with Crippen molar-refractivity contribution in [3.05, 3.63) is 30.1 Å². The Morgan fingerprint density at radius 1 is 1.25 bits per heavy atom. The molecule has 1 fully saturated rings. The summed E-state index contributed by atoms with van der Waals surface area (Å²) in [6.45, 7) is 0.758. The van der Waals surface area contributed by atoms with Crippen molar-refractivity contribution < 1.29 is 9.18 Å². The van der Waals surface area contributed by atoms with Gasteiger partial charge in [-0.25, -0.2) is 4.39 Å². The Kier molecular flexibility index (Phi) is 3.54. The molecule has 1 aliphatic carbocycles. The number of benzene rings is 1. The largest absolute Gasteiger partial charge is 0.382 e. The maximum Gasteiger partial charge on any atom is 0.146 e. The number of rotatable bonds is 3. The molecule has 0 radical (unpaired) electrons. The minimum Gasteiger partial charge on any atom is -0.382 e. The Balaban J connectivity index is 1.84. The molecule has 0 aliphatic heterocycles. The first kappa shape index (κ1) is 11.1. The Bertz CT molecular complexity index is 368. The zero-order valence-electron chi connectivity index (χ0n) is 9.21. The Hall–Kier alpha value is -1.38. The van der Waals surface area contributed by atoms with Crippen LogP contribution in [0.5, 0.6) is 0 Å². The van der Waals surface area contributed by atoms with Gasteiger partial charge in [0.2, 0.25) is 0 Å². The lowest BCUT2D eigenvalue weighted by Gasteiger charge is -2.21. The minimum atomic E-state index is -0.214. The van der Waals surface area contributed by atoms with Crippen LogP contribution in [0.2, 0.25) is 0 Å². The van der Waals surface area contributed by atoms with E-state index in [-0.39, 0.29) is 5.82 Å². The first-order chi connectivity index (χ1) is 7.75. The summed E-state index contributed by atoms with van der Waals surface area (Å²) >= 11 is 0. The smallest absolute Gasteiger partial charge is 0.146 e. The van der Waals surface area contributed by atoms with Crippen molar-refractivity contribution in [1.82, 2.24) is 0 Å². The molecule has 0 saturated heterocycles. The quantitative estimate of drug-likeness (QED) is 0.850. The molecule has 0 heterocycles. The predicted molar refractivity (Wildman–Crippen MR) is 61.9 cm³/mol. The third-order valence-electron chi connectivity index (χ3n) is 3.12. The van der Waals surface area contributed by atoms with E-state index in [1.165, 1.54) is 6.07 Å². The molecule has 3 heteroatoms. The maximum atomic E-state index is 13.3. The molecule has 0 unspecified atom stereocenters. The van der Waals surface area contributed by atoms with Crippen LogP contribution >= 0.6 is 0 Å². The van der Waals surface area contributed by atoms with Crippen LogP contribution in [0.1, 0.15) is 25.7 Å². The van der Waals surface area contributed by atoms with E-state index in [9.17, 15) is 9.18 Å². The number of anilines is 1. The maximum absolute atomic E-state index is 13.3. The van der Waals surface area contributed by atoms with Gasteiger partial charge < -0.3 is 5.32 Å². The highest BCUT2D eigenvalue weighted by Gasteiger charge is 2.18. The van der Waals surface area contributed by atoms with Crippen molar-refractivity contribution >= 4 is 11.5 Å². The average Bonchev–Trinajstić information content (AvgIpc) is 2.30. The summed E-state index contributed by atoms with van der Waals surface area (Å²) in [6.07, 6.45) is 3.23. The molecule has 16 heavy (non-hydrogen) atoms. The number of carbonyl (C=O) groups is 1. The van der Waals surface area contributed by atoms with E-state index in [0.717, 1.165) is 19.4 Å². The molecular formula is C13H16FNO. The summed E-state index contributed by atoms with van der Waals surface area (Å²) in [5, 5.41) is 3.11. The van der Waals surface area contributed by atoms with Gasteiger partial charge >= 0.3 is 0 Å². The van der Waals surface area contributed by atoms with E-state index < -0.39 is 0 Å². The van der Waals surface area contributed by atoms with E-state index in [1.807, 2.05) is 6.07 Å². The van der Waals surface area contributed by atoms with Crippen LogP contribution in [-0.4, -0.2) is 12.3 Å². The molecule has 1 aliphatic rings. The van der Waals surface area contributed by atoms with Gasteiger partial charge in [0.05, 0.1) is 5.69 Å². The monoisotopic (exact) mass is 221 g/mol. The number of para-hydroxylation sites is 1. The molecule has 2 rings (SSSR count). The minimum absolute atomic E-state index is 0.214. The van der Waals surface area contributed by atoms with Gasteiger partial charge in [0, 0.05) is 19.4 Å². The number of hydrogen-bond acceptors (Lipinski definition) is 2. The molecule has 0 atom stereocenters. The zero-order valence-corrected chi connectivity index (χ0v) is 9.21. The van der Waals surface area contributed by atoms with Crippen molar-refractivity contribution in [1.29, 1.82) is 0 Å². The first-order valence-corrected chi connectivity index (χ1v) is 5.76. The molecule has 1 saturated carbocycles. The fraction of sp³-hybridized carbons (Fsp3) is 0.462. The molecule has 0 aromatic heterocycles. The van der Waals surface area contributed by atoms with E-state index in [2.05, 4.69) is 5.32 Å². The van der Waals surface area contributed by atoms with Crippen molar-refractivity contribution in [2.45, 2.75) is 25.7 Å². The average molecular weight is 221 g/mol. The van der Waals surface area contributed by atoms with Crippen molar-refractivity contribution in [2.24, 2.45) is 5.92 Å². The Morgan fingerprint density at radius 2 is 1.94 bits per heavy atom. The third-order valence-corrected chi connectivity index (χ3v) is 3.12. The van der Waals surface area contributed by atoms with Crippen molar-refractivity contribution in [2.75, 3.05) is 11.9 Å². The number of hydrogen-bond donors (Lipinski definition) is 1. The fourth-order valence-corrected chi connectivity index (χ4v) is 2.06. The zero-order chi connectivity index (χ0) is 11.4. The molecule has 1 aromatic rings. The Labute approximate surface area is 94.9 Å². The van der Waals surface area contributed by atoms with E-state index in [4.69, 9.17) is 0 Å². The lowest BCUT2D eigenvalue weighted by Crippen LogP contribution is -2.21. The molecule has 0 amide bonds. The summed E-state index contributed by atoms with van der Waals surface area (Å²) in [4.78, 5) is 11.1. The standard InChI is InChI=1S/C13H16FNO/c14-12-3-1-2-4-13(12)15-9-10-5-7-11(16)8-6-10/h1-4,10,15H,5-9H2. The van der Waals surface area contributed by atoms with Crippen LogP contribution in [0, 0.1) is 11.7 Å². The van der Waals surface area contributed by atoms with Gasteiger partial charge in [-0.2, -0.15) is 0 Å². The van der Waals surface area contributed by atoms with E-state index >= 15 is 0 Å². The lowest BCUT2D eigenvalue weighted by atomic mass is 9.88. The predicted octanol–water partition coefficient (Wildman–Crippen LogP) is 3.00. The van der Waals surface area contributed by atoms with Crippen molar-refractivity contribution in [3.8, 4) is 0 Å². The van der Waals surface area contributed by atoms with Crippen LogP contribution in [-0.2, 0) is 4.79 Å². The fourth-order valence-electron chi connectivity index (χ4n) is 2.06. The summed E-state index contributed by atoms with van der Waals surface area (Å²) in [5.74, 6) is 0.647. The number of Topliss-reactive ketones (excluding diaryl/α,β-unsaturated/α-hetero) is 1. The third kappa shape index (κ3) is 2.81.